The molecule has 0 saturated carbocycles. The van der Waals surface area contributed by atoms with Crippen LogP contribution in [-0.2, 0) is 18.9 Å². The van der Waals surface area contributed by atoms with E-state index in [-0.39, 0.29) is 24.6 Å². The van der Waals surface area contributed by atoms with Gasteiger partial charge in [0.25, 0.3) is 0 Å². The van der Waals surface area contributed by atoms with Gasteiger partial charge in [0.2, 0.25) is 0 Å². The van der Waals surface area contributed by atoms with Crippen LogP contribution in [0, 0.1) is 5.92 Å². The molecule has 0 aromatic heterocycles. The number of hydrogen-bond acceptors (Lipinski definition) is 4. The highest BCUT2D eigenvalue weighted by atomic mass is 16.9. The molecule has 2 saturated heterocycles. The van der Waals surface area contributed by atoms with Gasteiger partial charge in [0, 0.05) is 13.0 Å². The quantitative estimate of drug-likeness (QED) is 0.617. The van der Waals surface area contributed by atoms with E-state index in [1.165, 1.54) is 0 Å². The summed E-state index contributed by atoms with van der Waals surface area (Å²) in [5, 5.41) is 0. The first-order valence-corrected chi connectivity index (χ1v) is 4.57. The molecule has 0 N–H and O–H groups in total. The van der Waals surface area contributed by atoms with Gasteiger partial charge < -0.3 is 18.9 Å². The molecule has 0 aromatic rings. The summed E-state index contributed by atoms with van der Waals surface area (Å²) in [7, 11) is 1.63. The molecule has 0 unspecified atom stereocenters. The molecule has 2 heterocycles. The van der Waals surface area contributed by atoms with E-state index in [0.717, 1.165) is 0 Å². The maximum absolute atomic E-state index is 5.69. The van der Waals surface area contributed by atoms with Crippen LogP contribution in [0.5, 0.6) is 0 Å². The zero-order valence-electron chi connectivity index (χ0n) is 8.44. The molecule has 2 aliphatic heterocycles. The molecule has 0 aromatic carbocycles. The average Bonchev–Trinajstić information content (AvgIpc) is 2.47. The second kappa shape index (κ2) is 2.92. The largest absolute Gasteiger partial charge is 0.355 e. The van der Waals surface area contributed by atoms with E-state index in [1.54, 1.807) is 7.11 Å². The van der Waals surface area contributed by atoms with Gasteiger partial charge in [0.1, 0.15) is 6.10 Å². The standard InChI is InChI=1S/C9H16O4/c1-5-6-8(11-7(5)10-4)13-9(2,3)12-6/h5-8H,1-4H3/t5-,6-,7+,8-/m1/s1. The highest BCUT2D eigenvalue weighted by Gasteiger charge is 2.53. The summed E-state index contributed by atoms with van der Waals surface area (Å²) in [6, 6.07) is 0. The van der Waals surface area contributed by atoms with Crippen molar-refractivity contribution in [3.05, 3.63) is 0 Å². The van der Waals surface area contributed by atoms with Crippen molar-refractivity contribution in [1.29, 1.82) is 0 Å². The molecule has 13 heavy (non-hydrogen) atoms. The fraction of sp³-hybridized carbons (Fsp3) is 1.00. The molecule has 0 aliphatic carbocycles. The molecule has 4 heteroatoms. The number of rotatable bonds is 1. The molecule has 0 bridgehead atoms. The minimum atomic E-state index is -0.525. The van der Waals surface area contributed by atoms with E-state index in [0.29, 0.717) is 0 Å². The minimum absolute atomic E-state index is 0.0000463. The highest BCUT2D eigenvalue weighted by molar-refractivity contribution is 4.87. The number of ether oxygens (including phenoxy) is 4. The van der Waals surface area contributed by atoms with Crippen molar-refractivity contribution in [2.24, 2.45) is 5.92 Å². The molecule has 4 atom stereocenters. The molecule has 0 radical (unpaired) electrons. The van der Waals surface area contributed by atoms with Crippen LogP contribution >= 0.6 is 0 Å². The van der Waals surface area contributed by atoms with Gasteiger partial charge in [-0.15, -0.1) is 0 Å². The van der Waals surface area contributed by atoms with Gasteiger partial charge in [0.05, 0.1) is 0 Å². The van der Waals surface area contributed by atoms with E-state index in [9.17, 15) is 0 Å². The molecule has 4 nitrogen and oxygen atoms in total. The highest BCUT2D eigenvalue weighted by Crippen LogP contribution is 2.40. The third kappa shape index (κ3) is 1.48. The van der Waals surface area contributed by atoms with E-state index >= 15 is 0 Å². The Morgan fingerprint density at radius 1 is 1.23 bits per heavy atom. The van der Waals surface area contributed by atoms with Crippen LogP contribution in [0.15, 0.2) is 0 Å². The smallest absolute Gasteiger partial charge is 0.190 e. The predicted octanol–water partition coefficient (Wildman–Crippen LogP) is 1.10. The van der Waals surface area contributed by atoms with Crippen molar-refractivity contribution in [3.8, 4) is 0 Å². The van der Waals surface area contributed by atoms with Gasteiger partial charge in [-0.3, -0.25) is 0 Å². The Morgan fingerprint density at radius 2 is 1.92 bits per heavy atom. The van der Waals surface area contributed by atoms with Crippen LogP contribution < -0.4 is 0 Å². The summed E-state index contributed by atoms with van der Waals surface area (Å²) >= 11 is 0. The second-order valence-electron chi connectivity index (χ2n) is 4.07. The summed E-state index contributed by atoms with van der Waals surface area (Å²) in [5.74, 6) is -0.306. The molecule has 0 spiro atoms. The molecule has 76 valence electrons. The van der Waals surface area contributed by atoms with Crippen molar-refractivity contribution in [3.63, 3.8) is 0 Å². The number of hydrogen-bond donors (Lipinski definition) is 0. The van der Waals surface area contributed by atoms with Crippen LogP contribution in [0.3, 0.4) is 0 Å². The van der Waals surface area contributed by atoms with Crippen molar-refractivity contribution < 1.29 is 18.9 Å². The van der Waals surface area contributed by atoms with Gasteiger partial charge >= 0.3 is 0 Å². The molecule has 2 rings (SSSR count). The first kappa shape index (κ1) is 9.40. The number of methoxy groups -OCH3 is 1. The van der Waals surface area contributed by atoms with Crippen molar-refractivity contribution >= 4 is 0 Å². The summed E-state index contributed by atoms with van der Waals surface area (Å²) < 4.78 is 21.9. The van der Waals surface area contributed by atoms with E-state index in [4.69, 9.17) is 18.9 Å². The van der Waals surface area contributed by atoms with Gasteiger partial charge in [-0.1, -0.05) is 6.92 Å². The zero-order chi connectivity index (χ0) is 9.64. The normalized spacial score (nSPS) is 48.0. The Hall–Kier alpha value is -0.160. The molecule has 2 fully saturated rings. The first-order valence-electron chi connectivity index (χ1n) is 4.57. The third-order valence-electron chi connectivity index (χ3n) is 2.54. The van der Waals surface area contributed by atoms with Gasteiger partial charge in [-0.2, -0.15) is 0 Å². The first-order chi connectivity index (χ1) is 6.03. The zero-order valence-corrected chi connectivity index (χ0v) is 8.44. The Bertz CT molecular complexity index is 204. The lowest BCUT2D eigenvalue weighted by Gasteiger charge is -2.22. The van der Waals surface area contributed by atoms with Gasteiger partial charge in [-0.25, -0.2) is 0 Å². The second-order valence-corrected chi connectivity index (χ2v) is 4.07. The fourth-order valence-electron chi connectivity index (χ4n) is 1.90. The Labute approximate surface area is 78.1 Å². The predicted molar refractivity (Wildman–Crippen MR) is 44.9 cm³/mol. The van der Waals surface area contributed by atoms with Crippen LogP contribution in [0.4, 0.5) is 0 Å². The molecule has 0 amide bonds. The van der Waals surface area contributed by atoms with Crippen LogP contribution in [0.2, 0.25) is 0 Å². The van der Waals surface area contributed by atoms with Crippen molar-refractivity contribution in [2.45, 2.75) is 45.2 Å². The molecule has 2 aliphatic rings. The van der Waals surface area contributed by atoms with Crippen LogP contribution in [0.1, 0.15) is 20.8 Å². The van der Waals surface area contributed by atoms with Crippen LogP contribution in [0.25, 0.3) is 0 Å². The average molecular weight is 188 g/mol. The van der Waals surface area contributed by atoms with Gasteiger partial charge in [0.15, 0.2) is 18.4 Å². The minimum Gasteiger partial charge on any atom is -0.355 e. The van der Waals surface area contributed by atoms with E-state index in [1.807, 2.05) is 20.8 Å². The SMILES string of the molecule is CO[C@H]1O[C@@H]2OC(C)(C)O[C@@H]2[C@H]1C. The van der Waals surface area contributed by atoms with Crippen molar-refractivity contribution in [1.82, 2.24) is 0 Å². The lowest BCUT2D eigenvalue weighted by Crippen LogP contribution is -2.29. The molecular weight excluding hydrogens is 172 g/mol. The van der Waals surface area contributed by atoms with E-state index in [2.05, 4.69) is 0 Å². The Morgan fingerprint density at radius 3 is 2.46 bits per heavy atom. The summed E-state index contributed by atoms with van der Waals surface area (Å²) in [4.78, 5) is 0. The summed E-state index contributed by atoms with van der Waals surface area (Å²) in [6.07, 6.45) is -0.471. The maximum Gasteiger partial charge on any atom is 0.190 e. The Kier molecular flexibility index (Phi) is 2.11. The lowest BCUT2D eigenvalue weighted by atomic mass is 10.1. The number of fused-ring (bicyclic) bond motifs is 1. The summed E-state index contributed by atoms with van der Waals surface area (Å²) in [5.41, 5.74) is 0. The Balaban J connectivity index is 2.07. The van der Waals surface area contributed by atoms with E-state index < -0.39 is 5.79 Å². The third-order valence-corrected chi connectivity index (χ3v) is 2.54. The fourth-order valence-corrected chi connectivity index (χ4v) is 1.90. The van der Waals surface area contributed by atoms with Crippen molar-refractivity contribution in [2.75, 3.05) is 7.11 Å². The van der Waals surface area contributed by atoms with Crippen LogP contribution in [-0.4, -0.2) is 31.6 Å². The lowest BCUT2D eigenvalue weighted by molar-refractivity contribution is -0.247. The summed E-state index contributed by atoms with van der Waals surface area (Å²) in [6.45, 7) is 5.83. The maximum atomic E-state index is 5.69. The topological polar surface area (TPSA) is 36.9 Å². The molecular formula is C9H16O4. The van der Waals surface area contributed by atoms with Gasteiger partial charge in [-0.05, 0) is 13.8 Å². The monoisotopic (exact) mass is 188 g/mol.